The maximum Gasteiger partial charge on any atom is 0.0632 e. The van der Waals surface area contributed by atoms with Crippen LogP contribution >= 0.6 is 0 Å². The Kier molecular flexibility index (Phi) is 3.66. The van der Waals surface area contributed by atoms with E-state index in [0.29, 0.717) is 12.1 Å². The molecule has 3 saturated heterocycles. The molecule has 98 valence electrons. The van der Waals surface area contributed by atoms with Gasteiger partial charge >= 0.3 is 0 Å². The number of hydrogen-bond donors (Lipinski definition) is 1. The summed E-state index contributed by atoms with van der Waals surface area (Å²) in [4.78, 5) is 5.35. The van der Waals surface area contributed by atoms with Crippen LogP contribution in [0.2, 0.25) is 0 Å². The highest BCUT2D eigenvalue weighted by Gasteiger charge is 2.35. The van der Waals surface area contributed by atoms with E-state index in [9.17, 15) is 0 Å². The summed E-state index contributed by atoms with van der Waals surface area (Å²) in [6.45, 7) is 10.2. The standard InChI is InChI=1S/C13H25N3O/c1-11-7-15-5-2-3-13(15)9-16(11)8-12-10-17-6-4-14-12/h11-14H,2-10H2,1H3. The fourth-order valence-corrected chi connectivity index (χ4v) is 3.52. The van der Waals surface area contributed by atoms with Crippen LogP contribution in [0.5, 0.6) is 0 Å². The summed E-state index contributed by atoms with van der Waals surface area (Å²) in [7, 11) is 0. The van der Waals surface area contributed by atoms with Crippen LogP contribution in [0.3, 0.4) is 0 Å². The molecule has 1 N–H and O–H groups in total. The topological polar surface area (TPSA) is 27.7 Å². The average molecular weight is 239 g/mol. The first-order chi connectivity index (χ1) is 8.33. The third kappa shape index (κ3) is 2.65. The second-order valence-corrected chi connectivity index (χ2v) is 5.82. The summed E-state index contributed by atoms with van der Waals surface area (Å²) < 4.78 is 5.55. The van der Waals surface area contributed by atoms with E-state index in [1.807, 2.05) is 0 Å². The molecule has 0 spiro atoms. The fraction of sp³-hybridized carbons (Fsp3) is 1.00. The molecule has 0 aliphatic carbocycles. The van der Waals surface area contributed by atoms with Crippen LogP contribution in [0.15, 0.2) is 0 Å². The van der Waals surface area contributed by atoms with Gasteiger partial charge in [0.25, 0.3) is 0 Å². The summed E-state index contributed by atoms with van der Waals surface area (Å²) in [5, 5.41) is 3.57. The lowest BCUT2D eigenvalue weighted by atomic mass is 10.1. The molecule has 3 aliphatic heterocycles. The lowest BCUT2D eigenvalue weighted by Gasteiger charge is -2.44. The van der Waals surface area contributed by atoms with Gasteiger partial charge in [0.1, 0.15) is 0 Å². The van der Waals surface area contributed by atoms with Crippen LogP contribution in [0.25, 0.3) is 0 Å². The number of hydrogen-bond acceptors (Lipinski definition) is 4. The first-order valence-corrected chi connectivity index (χ1v) is 7.12. The smallest absolute Gasteiger partial charge is 0.0632 e. The third-order valence-electron chi connectivity index (χ3n) is 4.52. The molecule has 0 aromatic heterocycles. The maximum absolute atomic E-state index is 5.55. The summed E-state index contributed by atoms with van der Waals surface area (Å²) in [5.41, 5.74) is 0. The molecule has 0 radical (unpaired) electrons. The predicted octanol–water partition coefficient (Wildman–Crippen LogP) is 0.143. The van der Waals surface area contributed by atoms with E-state index in [1.165, 1.54) is 32.5 Å². The molecule has 3 atom stereocenters. The highest BCUT2D eigenvalue weighted by molar-refractivity contribution is 4.92. The monoisotopic (exact) mass is 239 g/mol. The van der Waals surface area contributed by atoms with E-state index in [2.05, 4.69) is 22.0 Å². The number of nitrogens with zero attached hydrogens (tertiary/aromatic N) is 2. The van der Waals surface area contributed by atoms with E-state index in [-0.39, 0.29) is 0 Å². The second-order valence-electron chi connectivity index (χ2n) is 5.82. The van der Waals surface area contributed by atoms with Crippen LogP contribution in [-0.2, 0) is 4.74 Å². The first kappa shape index (κ1) is 11.9. The number of piperazine rings is 1. The highest BCUT2D eigenvalue weighted by Crippen LogP contribution is 2.24. The Morgan fingerprint density at radius 3 is 3.12 bits per heavy atom. The van der Waals surface area contributed by atoms with Gasteiger partial charge in [-0.3, -0.25) is 9.80 Å². The predicted molar refractivity (Wildman–Crippen MR) is 68.2 cm³/mol. The lowest BCUT2D eigenvalue weighted by Crippen LogP contribution is -2.59. The highest BCUT2D eigenvalue weighted by atomic mass is 16.5. The molecule has 3 fully saturated rings. The van der Waals surface area contributed by atoms with E-state index in [4.69, 9.17) is 4.74 Å². The van der Waals surface area contributed by atoms with Crippen molar-refractivity contribution in [3.63, 3.8) is 0 Å². The zero-order valence-electron chi connectivity index (χ0n) is 10.9. The minimum atomic E-state index is 0.541. The average Bonchev–Trinajstić information content (AvgIpc) is 2.78. The van der Waals surface area contributed by atoms with E-state index >= 15 is 0 Å². The molecule has 4 nitrogen and oxygen atoms in total. The second kappa shape index (κ2) is 5.22. The first-order valence-electron chi connectivity index (χ1n) is 7.12. The van der Waals surface area contributed by atoms with Gasteiger partial charge in [-0.15, -0.1) is 0 Å². The lowest BCUT2D eigenvalue weighted by molar-refractivity contribution is 0.0215. The Hall–Kier alpha value is -0.160. The Bertz CT molecular complexity index is 255. The van der Waals surface area contributed by atoms with Crippen molar-refractivity contribution < 1.29 is 4.74 Å². The Labute approximate surface area is 104 Å². The van der Waals surface area contributed by atoms with Gasteiger partial charge in [0.2, 0.25) is 0 Å². The van der Waals surface area contributed by atoms with Crippen molar-refractivity contribution in [2.24, 2.45) is 0 Å². The number of morpholine rings is 1. The summed E-state index contributed by atoms with van der Waals surface area (Å²) in [6.07, 6.45) is 2.80. The molecule has 17 heavy (non-hydrogen) atoms. The molecule has 3 unspecified atom stereocenters. The number of nitrogens with one attached hydrogen (secondary N) is 1. The minimum Gasteiger partial charge on any atom is -0.378 e. The molecule has 3 rings (SSSR count). The molecule has 3 aliphatic rings. The largest absolute Gasteiger partial charge is 0.378 e. The van der Waals surface area contributed by atoms with E-state index in [0.717, 1.165) is 32.3 Å². The zero-order valence-corrected chi connectivity index (χ0v) is 10.9. The van der Waals surface area contributed by atoms with Crippen molar-refractivity contribution in [3.05, 3.63) is 0 Å². The third-order valence-corrected chi connectivity index (χ3v) is 4.52. The fourth-order valence-electron chi connectivity index (χ4n) is 3.52. The van der Waals surface area contributed by atoms with E-state index in [1.54, 1.807) is 0 Å². The van der Waals surface area contributed by atoms with Crippen molar-refractivity contribution in [3.8, 4) is 0 Å². The minimum absolute atomic E-state index is 0.541. The number of fused-ring (bicyclic) bond motifs is 1. The van der Waals surface area contributed by atoms with Crippen molar-refractivity contribution in [2.45, 2.75) is 37.9 Å². The van der Waals surface area contributed by atoms with E-state index < -0.39 is 0 Å². The van der Waals surface area contributed by atoms with Crippen molar-refractivity contribution in [1.29, 1.82) is 0 Å². The summed E-state index contributed by atoms with van der Waals surface area (Å²) in [6, 6.07) is 2.07. The van der Waals surface area contributed by atoms with Gasteiger partial charge in [0.15, 0.2) is 0 Å². The molecule has 0 aromatic rings. The maximum atomic E-state index is 5.55. The Morgan fingerprint density at radius 2 is 2.29 bits per heavy atom. The van der Waals surface area contributed by atoms with Crippen LogP contribution in [-0.4, -0.2) is 73.9 Å². The Balaban J connectivity index is 1.55. The van der Waals surface area contributed by atoms with Gasteiger partial charge in [-0.1, -0.05) is 0 Å². The van der Waals surface area contributed by atoms with Crippen LogP contribution < -0.4 is 5.32 Å². The summed E-state index contributed by atoms with van der Waals surface area (Å²) >= 11 is 0. The van der Waals surface area contributed by atoms with Gasteiger partial charge in [0, 0.05) is 44.3 Å². The molecule has 3 heterocycles. The molecule has 0 aromatic carbocycles. The van der Waals surface area contributed by atoms with Crippen LogP contribution in [0.4, 0.5) is 0 Å². The van der Waals surface area contributed by atoms with Crippen LogP contribution in [0.1, 0.15) is 19.8 Å². The van der Waals surface area contributed by atoms with Crippen LogP contribution in [0, 0.1) is 0 Å². The van der Waals surface area contributed by atoms with Crippen molar-refractivity contribution in [2.75, 3.05) is 45.9 Å². The molecular formula is C13H25N3O. The quantitative estimate of drug-likeness (QED) is 0.742. The van der Waals surface area contributed by atoms with Gasteiger partial charge in [-0.2, -0.15) is 0 Å². The van der Waals surface area contributed by atoms with Crippen molar-refractivity contribution >= 4 is 0 Å². The molecular weight excluding hydrogens is 214 g/mol. The number of ether oxygens (including phenoxy) is 1. The molecule has 0 bridgehead atoms. The molecule has 0 amide bonds. The van der Waals surface area contributed by atoms with Crippen molar-refractivity contribution in [1.82, 2.24) is 15.1 Å². The van der Waals surface area contributed by atoms with Gasteiger partial charge in [-0.05, 0) is 26.3 Å². The normalized spacial score (nSPS) is 40.4. The van der Waals surface area contributed by atoms with Gasteiger partial charge < -0.3 is 10.1 Å². The summed E-state index contributed by atoms with van der Waals surface area (Å²) in [5.74, 6) is 0. The van der Waals surface area contributed by atoms with Gasteiger partial charge in [0.05, 0.1) is 13.2 Å². The number of rotatable bonds is 2. The molecule has 0 saturated carbocycles. The Morgan fingerprint density at radius 1 is 1.35 bits per heavy atom. The zero-order chi connectivity index (χ0) is 11.7. The SMILES string of the molecule is CC1CN2CCCC2CN1CC1COCCN1. The molecule has 4 heteroatoms. The van der Waals surface area contributed by atoms with Gasteiger partial charge in [-0.25, -0.2) is 0 Å².